The molecule has 0 aromatic carbocycles. The standard InChI is InChI=1S/C16H27BrN2O/c1-4-6-11-7-8-15(20)12(9-11)10-14-16(17)13(5-2)18-19(14)3/h11-12,15,20H,4-10H2,1-3H3. The first-order chi connectivity index (χ1) is 9.56. The van der Waals surface area contributed by atoms with E-state index in [-0.39, 0.29) is 6.10 Å². The number of aromatic nitrogens is 2. The summed E-state index contributed by atoms with van der Waals surface area (Å²) in [7, 11) is 2.01. The van der Waals surface area contributed by atoms with Crippen LogP contribution >= 0.6 is 15.9 Å². The van der Waals surface area contributed by atoms with Gasteiger partial charge < -0.3 is 5.11 Å². The zero-order chi connectivity index (χ0) is 14.7. The van der Waals surface area contributed by atoms with Crippen molar-refractivity contribution in [1.29, 1.82) is 0 Å². The number of halogens is 1. The average molecular weight is 343 g/mol. The molecule has 1 N–H and O–H groups in total. The lowest BCUT2D eigenvalue weighted by atomic mass is 9.76. The monoisotopic (exact) mass is 342 g/mol. The Morgan fingerprint density at radius 1 is 1.35 bits per heavy atom. The number of hydrogen-bond acceptors (Lipinski definition) is 2. The first kappa shape index (κ1) is 16.0. The zero-order valence-corrected chi connectivity index (χ0v) is 14.5. The fraction of sp³-hybridized carbons (Fsp3) is 0.812. The van der Waals surface area contributed by atoms with Gasteiger partial charge in [0.05, 0.1) is 22.0 Å². The highest BCUT2D eigenvalue weighted by atomic mass is 79.9. The lowest BCUT2D eigenvalue weighted by Crippen LogP contribution is -2.31. The van der Waals surface area contributed by atoms with Gasteiger partial charge in [-0.3, -0.25) is 4.68 Å². The second-order valence-electron chi connectivity index (χ2n) is 6.18. The minimum absolute atomic E-state index is 0.144. The Labute approximate surface area is 130 Å². The van der Waals surface area contributed by atoms with E-state index in [0.717, 1.165) is 41.8 Å². The maximum Gasteiger partial charge on any atom is 0.0766 e. The van der Waals surface area contributed by atoms with Gasteiger partial charge >= 0.3 is 0 Å². The van der Waals surface area contributed by atoms with Gasteiger partial charge in [-0.2, -0.15) is 5.10 Å². The Morgan fingerprint density at radius 2 is 2.10 bits per heavy atom. The van der Waals surface area contributed by atoms with Crippen LogP contribution in [-0.2, 0) is 19.9 Å². The van der Waals surface area contributed by atoms with Crippen molar-refractivity contribution >= 4 is 15.9 Å². The van der Waals surface area contributed by atoms with Gasteiger partial charge in [0, 0.05) is 7.05 Å². The number of hydrogen-bond donors (Lipinski definition) is 1. The molecule has 1 aliphatic carbocycles. The van der Waals surface area contributed by atoms with Crippen LogP contribution in [0.1, 0.15) is 57.3 Å². The van der Waals surface area contributed by atoms with E-state index in [1.807, 2.05) is 11.7 Å². The molecular weight excluding hydrogens is 316 g/mol. The second-order valence-corrected chi connectivity index (χ2v) is 6.98. The maximum atomic E-state index is 10.3. The van der Waals surface area contributed by atoms with Gasteiger partial charge in [0.15, 0.2) is 0 Å². The van der Waals surface area contributed by atoms with Crippen molar-refractivity contribution in [2.45, 2.75) is 64.9 Å². The van der Waals surface area contributed by atoms with Crippen molar-refractivity contribution in [3.05, 3.63) is 15.9 Å². The maximum absolute atomic E-state index is 10.3. The van der Waals surface area contributed by atoms with Gasteiger partial charge in [-0.15, -0.1) is 0 Å². The average Bonchev–Trinajstić information content (AvgIpc) is 2.70. The zero-order valence-electron chi connectivity index (χ0n) is 12.9. The molecule has 0 saturated heterocycles. The number of rotatable bonds is 5. The third kappa shape index (κ3) is 3.45. The van der Waals surface area contributed by atoms with Crippen molar-refractivity contribution < 1.29 is 5.11 Å². The van der Waals surface area contributed by atoms with Crippen molar-refractivity contribution in [2.75, 3.05) is 0 Å². The summed E-state index contributed by atoms with van der Waals surface area (Å²) < 4.78 is 3.13. The van der Waals surface area contributed by atoms with Gasteiger partial charge in [-0.25, -0.2) is 0 Å². The summed E-state index contributed by atoms with van der Waals surface area (Å²) in [5, 5.41) is 14.9. The first-order valence-electron chi connectivity index (χ1n) is 7.95. The van der Waals surface area contributed by atoms with E-state index in [0.29, 0.717) is 5.92 Å². The molecule has 1 aliphatic rings. The summed E-state index contributed by atoms with van der Waals surface area (Å²) in [6.45, 7) is 4.38. The van der Waals surface area contributed by atoms with Gasteiger partial charge in [0.25, 0.3) is 0 Å². The van der Waals surface area contributed by atoms with Gasteiger partial charge in [0.2, 0.25) is 0 Å². The summed E-state index contributed by atoms with van der Waals surface area (Å²) in [4.78, 5) is 0. The van der Waals surface area contributed by atoms with E-state index in [1.54, 1.807) is 0 Å². The summed E-state index contributed by atoms with van der Waals surface area (Å²) >= 11 is 3.69. The van der Waals surface area contributed by atoms with Crippen molar-refractivity contribution in [1.82, 2.24) is 9.78 Å². The summed E-state index contributed by atoms with van der Waals surface area (Å²) in [5.41, 5.74) is 2.36. The molecule has 1 aromatic rings. The SMILES string of the molecule is CCCC1CCC(O)C(Cc2c(Br)c(CC)nn2C)C1. The normalized spacial score (nSPS) is 26.9. The highest BCUT2D eigenvalue weighted by molar-refractivity contribution is 9.10. The van der Waals surface area contributed by atoms with Crippen LogP contribution in [0, 0.1) is 11.8 Å². The van der Waals surface area contributed by atoms with Crippen molar-refractivity contribution in [3.63, 3.8) is 0 Å². The van der Waals surface area contributed by atoms with Crippen LogP contribution in [0.2, 0.25) is 0 Å². The smallest absolute Gasteiger partial charge is 0.0766 e. The van der Waals surface area contributed by atoms with E-state index >= 15 is 0 Å². The molecule has 0 amide bonds. The van der Waals surface area contributed by atoms with Crippen LogP contribution in [-0.4, -0.2) is 21.0 Å². The fourth-order valence-corrected chi connectivity index (χ4v) is 4.30. The lowest BCUT2D eigenvalue weighted by molar-refractivity contribution is 0.0453. The first-order valence-corrected chi connectivity index (χ1v) is 8.74. The molecule has 0 radical (unpaired) electrons. The molecule has 3 nitrogen and oxygen atoms in total. The number of aliphatic hydroxyl groups is 1. The largest absolute Gasteiger partial charge is 0.393 e. The third-order valence-electron chi connectivity index (χ3n) is 4.71. The minimum atomic E-state index is -0.144. The Bertz CT molecular complexity index is 444. The molecule has 0 spiro atoms. The van der Waals surface area contributed by atoms with Crippen molar-refractivity contribution in [3.8, 4) is 0 Å². The number of aliphatic hydroxyl groups excluding tert-OH is 1. The molecule has 3 atom stereocenters. The predicted molar refractivity (Wildman–Crippen MR) is 85.7 cm³/mol. The molecule has 1 saturated carbocycles. The molecular formula is C16H27BrN2O. The lowest BCUT2D eigenvalue weighted by Gasteiger charge is -2.33. The molecule has 114 valence electrons. The molecule has 3 unspecified atom stereocenters. The molecule has 0 aliphatic heterocycles. The number of aryl methyl sites for hydroxylation is 2. The summed E-state index contributed by atoms with van der Waals surface area (Å²) in [6.07, 6.45) is 7.61. The number of nitrogens with zero attached hydrogens (tertiary/aromatic N) is 2. The van der Waals surface area contributed by atoms with Crippen LogP contribution in [0.3, 0.4) is 0 Å². The summed E-state index contributed by atoms with van der Waals surface area (Å²) in [6, 6.07) is 0. The van der Waals surface area contributed by atoms with Crippen LogP contribution in [0.4, 0.5) is 0 Å². The molecule has 0 bridgehead atoms. The Hall–Kier alpha value is -0.350. The van der Waals surface area contributed by atoms with E-state index < -0.39 is 0 Å². The molecule has 20 heavy (non-hydrogen) atoms. The molecule has 1 fully saturated rings. The van der Waals surface area contributed by atoms with Crippen LogP contribution in [0.15, 0.2) is 4.47 Å². The Kier molecular flexibility index (Phi) is 5.67. The van der Waals surface area contributed by atoms with E-state index in [2.05, 4.69) is 34.9 Å². The Morgan fingerprint density at radius 3 is 2.70 bits per heavy atom. The molecule has 2 rings (SSSR count). The highest BCUT2D eigenvalue weighted by Gasteiger charge is 2.30. The molecule has 1 heterocycles. The van der Waals surface area contributed by atoms with Gasteiger partial charge in [-0.1, -0.05) is 26.7 Å². The third-order valence-corrected chi connectivity index (χ3v) is 5.62. The highest BCUT2D eigenvalue weighted by Crippen LogP contribution is 2.35. The van der Waals surface area contributed by atoms with Gasteiger partial charge in [0.1, 0.15) is 0 Å². The van der Waals surface area contributed by atoms with Crippen LogP contribution in [0.25, 0.3) is 0 Å². The second kappa shape index (κ2) is 7.08. The summed E-state index contributed by atoms with van der Waals surface area (Å²) in [5.74, 6) is 1.18. The van der Waals surface area contributed by atoms with Crippen molar-refractivity contribution in [2.24, 2.45) is 18.9 Å². The quantitative estimate of drug-likeness (QED) is 0.881. The van der Waals surface area contributed by atoms with E-state index in [9.17, 15) is 5.11 Å². The molecule has 1 aromatic heterocycles. The fourth-order valence-electron chi connectivity index (χ4n) is 3.52. The van der Waals surface area contributed by atoms with Crippen LogP contribution < -0.4 is 0 Å². The van der Waals surface area contributed by atoms with Gasteiger partial charge in [-0.05, 0) is 59.9 Å². The topological polar surface area (TPSA) is 38.1 Å². The van der Waals surface area contributed by atoms with E-state index in [4.69, 9.17) is 0 Å². The van der Waals surface area contributed by atoms with E-state index in [1.165, 1.54) is 25.0 Å². The minimum Gasteiger partial charge on any atom is -0.393 e. The Balaban J connectivity index is 2.09. The van der Waals surface area contributed by atoms with Crippen LogP contribution in [0.5, 0.6) is 0 Å². The molecule has 4 heteroatoms. The predicted octanol–water partition coefficient (Wildman–Crippen LogP) is 3.86.